The Balaban J connectivity index is 0.00000292. The van der Waals surface area contributed by atoms with Crippen LogP contribution in [0.5, 0.6) is 0 Å². The Morgan fingerprint density at radius 2 is 1.24 bits per heavy atom. The second-order valence-corrected chi connectivity index (χ2v) is 31.6. The maximum atomic E-state index is 7.03. The fourth-order valence-corrected chi connectivity index (χ4v) is 25.8. The van der Waals surface area contributed by atoms with E-state index in [1.807, 2.05) is 12.1 Å². The van der Waals surface area contributed by atoms with Gasteiger partial charge in [-0.3, -0.25) is 0 Å². The molecule has 0 aromatic heterocycles. The van der Waals surface area contributed by atoms with Crippen LogP contribution in [0.3, 0.4) is 0 Å². The van der Waals surface area contributed by atoms with Crippen LogP contribution in [0.25, 0.3) is 11.1 Å². The van der Waals surface area contributed by atoms with Gasteiger partial charge in [-0.2, -0.15) is 0 Å². The molecule has 272 valence electrons. The summed E-state index contributed by atoms with van der Waals surface area (Å²) in [7, 11) is 0. The van der Waals surface area contributed by atoms with Crippen LogP contribution < -0.4 is 9.81 Å². The number of halogens is 4. The van der Waals surface area contributed by atoms with E-state index in [1.165, 1.54) is 52.0 Å². The second kappa shape index (κ2) is 14.5. The third-order valence-corrected chi connectivity index (χ3v) is 28.1. The Kier molecular flexibility index (Phi) is 11.9. The van der Waals surface area contributed by atoms with Gasteiger partial charge in [0.25, 0.3) is 0 Å². The molecule has 0 radical (unpaired) electrons. The van der Waals surface area contributed by atoms with Crippen LogP contribution in [0.2, 0.25) is 10.0 Å². The van der Waals surface area contributed by atoms with E-state index in [9.17, 15) is 0 Å². The van der Waals surface area contributed by atoms with Gasteiger partial charge in [0, 0.05) is 0 Å². The van der Waals surface area contributed by atoms with E-state index in [-0.39, 0.29) is 47.0 Å². The van der Waals surface area contributed by atoms with Crippen LogP contribution in [0.1, 0.15) is 104 Å². The predicted molar refractivity (Wildman–Crippen MR) is 230 cm³/mol. The maximum absolute atomic E-state index is 7.03. The topological polar surface area (TPSA) is 0 Å². The molecule has 0 nitrogen and oxygen atoms in total. The van der Waals surface area contributed by atoms with Crippen molar-refractivity contribution in [3.63, 3.8) is 0 Å². The summed E-state index contributed by atoms with van der Waals surface area (Å²) in [5.74, 6) is 0.269. The molecule has 0 N–H and O–H groups in total. The molecule has 0 amide bonds. The van der Waals surface area contributed by atoms with Gasteiger partial charge >= 0.3 is 309 Å². The summed E-state index contributed by atoms with van der Waals surface area (Å²) in [5.41, 5.74) is 9.65. The fourth-order valence-electron chi connectivity index (χ4n) is 8.51. The molecular formula is C46H56Cl4Zr. The van der Waals surface area contributed by atoms with E-state index >= 15 is 0 Å². The fraction of sp³-hybridized carbons (Fsp3) is 0.370. The summed E-state index contributed by atoms with van der Waals surface area (Å²) in [5, 5.41) is 1.50. The third-order valence-electron chi connectivity index (χ3n) is 11.5. The first-order valence-corrected chi connectivity index (χ1v) is 25.5. The molecule has 2 aliphatic carbocycles. The molecular weight excluding hydrogens is 786 g/mol. The van der Waals surface area contributed by atoms with E-state index in [0.29, 0.717) is 0 Å². The van der Waals surface area contributed by atoms with Gasteiger partial charge in [-0.1, -0.05) is 0 Å². The number of allylic oxidation sites excluding steroid dienone is 4. The SMILES string of the molecule is Cl.Cl.[CH2]=[Zr]([C]1=CC(C(C)(C)C)=CC1CCC)([c]1cccc(Cl)c1)([c]1cccc(Cl)c1)[c]1cc(C(C)(C)C)cc2c1Cc1ccc(C(C)(C)C)cc1-2. The van der Waals surface area contributed by atoms with Gasteiger partial charge in [-0.05, 0) is 0 Å². The molecule has 1 unspecified atom stereocenters. The summed E-state index contributed by atoms with van der Waals surface area (Å²) in [4.78, 5) is 0. The number of fused-ring (bicyclic) bond motifs is 3. The Morgan fingerprint density at radius 3 is 1.73 bits per heavy atom. The molecule has 4 aromatic carbocycles. The second-order valence-electron chi connectivity index (χ2n) is 17.9. The molecule has 5 heteroatoms. The van der Waals surface area contributed by atoms with Gasteiger partial charge < -0.3 is 0 Å². The number of hydrogen-bond acceptors (Lipinski definition) is 0. The zero-order chi connectivity index (χ0) is 35.8. The first-order valence-electron chi connectivity index (χ1n) is 18.1. The zero-order valence-corrected chi connectivity index (χ0v) is 37.7. The van der Waals surface area contributed by atoms with Gasteiger partial charge in [0.15, 0.2) is 0 Å². The number of hydrogen-bond donors (Lipinski definition) is 0. The summed E-state index contributed by atoms with van der Waals surface area (Å²) in [6, 6.07) is 29.7. The third kappa shape index (κ3) is 7.15. The van der Waals surface area contributed by atoms with E-state index < -0.39 is 18.3 Å². The Bertz CT molecular complexity index is 2040. The molecule has 0 bridgehead atoms. The van der Waals surface area contributed by atoms with Crippen molar-refractivity contribution in [3.8, 4) is 11.1 Å². The van der Waals surface area contributed by atoms with E-state index in [1.54, 1.807) is 0 Å². The predicted octanol–water partition coefficient (Wildman–Crippen LogP) is 12.7. The van der Waals surface area contributed by atoms with Crippen molar-refractivity contribution < 1.29 is 18.3 Å². The van der Waals surface area contributed by atoms with Gasteiger partial charge in [0.05, 0.1) is 0 Å². The molecule has 0 spiro atoms. The van der Waals surface area contributed by atoms with Crippen molar-refractivity contribution in [2.45, 2.75) is 99.3 Å². The summed E-state index contributed by atoms with van der Waals surface area (Å²) < 4.78 is 11.3. The van der Waals surface area contributed by atoms with Crippen LogP contribution in [0.15, 0.2) is 99.9 Å². The van der Waals surface area contributed by atoms with Crippen LogP contribution in [0.4, 0.5) is 0 Å². The van der Waals surface area contributed by atoms with Crippen LogP contribution in [-0.2, 0) is 35.5 Å². The molecule has 1 atom stereocenters. The van der Waals surface area contributed by atoms with Crippen LogP contribution in [-0.4, -0.2) is 4.21 Å². The molecule has 2 aliphatic rings. The van der Waals surface area contributed by atoms with Crippen molar-refractivity contribution >= 4 is 62.0 Å². The minimum absolute atomic E-state index is 0. The van der Waals surface area contributed by atoms with Crippen molar-refractivity contribution in [2.24, 2.45) is 11.3 Å². The van der Waals surface area contributed by atoms with Crippen LogP contribution in [0, 0.1) is 11.3 Å². The molecule has 4 aromatic rings. The molecule has 0 saturated carbocycles. The number of benzene rings is 4. The van der Waals surface area contributed by atoms with Crippen molar-refractivity contribution in [1.82, 2.24) is 0 Å². The quantitative estimate of drug-likeness (QED) is 0.160. The Hall–Kier alpha value is -1.73. The van der Waals surface area contributed by atoms with Crippen LogP contribution >= 0.6 is 48.0 Å². The monoisotopic (exact) mass is 838 g/mol. The zero-order valence-electron chi connectivity index (χ0n) is 32.1. The van der Waals surface area contributed by atoms with Gasteiger partial charge in [0.1, 0.15) is 0 Å². The number of rotatable bonds is 6. The van der Waals surface area contributed by atoms with Gasteiger partial charge in [-0.25, -0.2) is 0 Å². The average molecular weight is 842 g/mol. The summed E-state index contributed by atoms with van der Waals surface area (Å²) in [6.45, 7) is 23.3. The molecule has 0 heterocycles. The first kappa shape index (κ1) is 42.0. The van der Waals surface area contributed by atoms with E-state index in [4.69, 9.17) is 27.4 Å². The van der Waals surface area contributed by atoms with Gasteiger partial charge in [0.2, 0.25) is 0 Å². The minimum atomic E-state index is -5.22. The van der Waals surface area contributed by atoms with Crippen molar-refractivity contribution in [1.29, 1.82) is 0 Å². The first-order chi connectivity index (χ1) is 22.8. The van der Waals surface area contributed by atoms with E-state index in [2.05, 4.69) is 148 Å². The molecule has 0 saturated heterocycles. The van der Waals surface area contributed by atoms with Gasteiger partial charge in [-0.15, -0.1) is 24.8 Å². The molecule has 0 fully saturated rings. The van der Waals surface area contributed by atoms with E-state index in [0.717, 1.165) is 29.3 Å². The molecule has 6 rings (SSSR count). The Morgan fingerprint density at radius 1 is 0.686 bits per heavy atom. The van der Waals surface area contributed by atoms with Crippen molar-refractivity contribution in [2.75, 3.05) is 0 Å². The summed E-state index contributed by atoms with van der Waals surface area (Å²) >= 11 is 8.83. The standard InChI is InChI=1S/C21H25.C12H19.2C6H4Cl.CH2.2ClH.Zr/c1-20(2,3)16-9-7-14-11-15-8-10-17(21(4,5)6)13-19(15)18(14)12-16;1-5-6-10-7-8-11(9-10)12(2,3)4;2*7-6-4-2-1-3-5-6;;;;/h7,9-10,12-13H,11H2,1-6H3;8-10H,5-6H2,1-4H3;2*1-2,4-5H;1H2;2*1H;. The average Bonchev–Trinajstić information content (AvgIpc) is 3.62. The normalized spacial score (nSPS) is 16.1. The Labute approximate surface area is 331 Å². The summed E-state index contributed by atoms with van der Waals surface area (Å²) in [6.07, 6.45) is 8.21. The van der Waals surface area contributed by atoms with Crippen molar-refractivity contribution in [3.05, 3.63) is 132 Å². The molecule has 51 heavy (non-hydrogen) atoms. The molecule has 0 aliphatic heterocycles.